The van der Waals surface area contributed by atoms with Gasteiger partial charge in [0.15, 0.2) is 0 Å². The lowest BCUT2D eigenvalue weighted by Gasteiger charge is -2.47. The Morgan fingerprint density at radius 1 is 0.236 bits per heavy atom. The van der Waals surface area contributed by atoms with Gasteiger partial charge < -0.3 is 54.1 Å². The molecule has 0 aliphatic rings. The summed E-state index contributed by atoms with van der Waals surface area (Å²) in [5.74, 6) is -2.60. The average molecular weight is 1030 g/mol. The van der Waals surface area contributed by atoms with E-state index in [0.717, 1.165) is 57.8 Å². The summed E-state index contributed by atoms with van der Waals surface area (Å²) >= 11 is 0. The van der Waals surface area contributed by atoms with Crippen molar-refractivity contribution in [2.75, 3.05) is 66.0 Å². The van der Waals surface area contributed by atoms with E-state index in [2.05, 4.69) is 6.92 Å². The first kappa shape index (κ1) is 71.6. The van der Waals surface area contributed by atoms with Crippen LogP contribution in [-0.2, 0) is 42.6 Å². The summed E-state index contributed by atoms with van der Waals surface area (Å²) in [6, 6.07) is 0. The molecule has 4 N–H and O–H groups in total. The molecule has 0 fully saturated rings. The van der Waals surface area contributed by atoms with Gasteiger partial charge in [0.05, 0.1) is 0 Å². The smallest absolute Gasteiger partial charge is 0.282 e. The van der Waals surface area contributed by atoms with Crippen LogP contribution in [0.1, 0.15) is 300 Å². The molecule has 0 aliphatic heterocycles. The van der Waals surface area contributed by atoms with Crippen LogP contribution in [0.2, 0.25) is 0 Å². The van der Waals surface area contributed by atoms with E-state index in [-0.39, 0.29) is 11.0 Å². The van der Waals surface area contributed by atoms with E-state index in [4.69, 9.17) is 54.1 Å². The molecule has 72 heavy (non-hydrogen) atoms. The zero-order valence-electron chi connectivity index (χ0n) is 49.9. The normalized spacial score (nSPS) is 13.7. The van der Waals surface area contributed by atoms with E-state index in [1.807, 2.05) is 62.3 Å². The lowest BCUT2D eigenvalue weighted by molar-refractivity contribution is -0.380. The molecule has 11 nitrogen and oxygen atoms in total. The Hall–Kier alpha value is -0.440. The Kier molecular flexibility index (Phi) is 47.5. The Bertz CT molecular complexity index is 1030. The van der Waals surface area contributed by atoms with Crippen molar-refractivity contribution in [2.45, 2.75) is 324 Å². The Morgan fingerprint density at radius 3 is 0.556 bits per heavy atom. The van der Waals surface area contributed by atoms with E-state index < -0.39 is 17.9 Å². The molecule has 434 valence electrons. The summed E-state index contributed by atoms with van der Waals surface area (Å²) in [5, 5.41) is 0. The number of hydrogen-bond donors (Lipinski definition) is 2. The molecular formula is C61H126N2O9. The van der Waals surface area contributed by atoms with Crippen LogP contribution in [0.25, 0.3) is 0 Å². The molecule has 1 unspecified atom stereocenters. The van der Waals surface area contributed by atoms with Crippen LogP contribution in [0.15, 0.2) is 0 Å². The highest BCUT2D eigenvalue weighted by atomic mass is 16.9. The van der Waals surface area contributed by atoms with Crippen LogP contribution < -0.4 is 11.5 Å². The van der Waals surface area contributed by atoms with Crippen molar-refractivity contribution < 1.29 is 42.6 Å². The van der Waals surface area contributed by atoms with Crippen molar-refractivity contribution in [3.05, 3.63) is 0 Å². The highest BCUT2D eigenvalue weighted by Gasteiger charge is 2.43. The quantitative estimate of drug-likeness (QED) is 0.0445. The van der Waals surface area contributed by atoms with Gasteiger partial charge in [-0.25, -0.2) is 0 Å². The maximum absolute atomic E-state index is 7.46. The zero-order chi connectivity index (χ0) is 53.4. The zero-order valence-corrected chi connectivity index (χ0v) is 49.9. The summed E-state index contributed by atoms with van der Waals surface area (Å²) in [5.41, 5.74) is 14.1. The fourth-order valence-electron chi connectivity index (χ4n) is 11.1. The molecule has 0 aromatic heterocycles. The third-order valence-corrected chi connectivity index (χ3v) is 15.1. The van der Waals surface area contributed by atoms with Gasteiger partial charge in [-0.15, -0.1) is 0 Å². The van der Waals surface area contributed by atoms with Crippen LogP contribution in [0.3, 0.4) is 0 Å². The fourth-order valence-corrected chi connectivity index (χ4v) is 11.1. The fraction of sp³-hybridized carbons (Fsp3) is 1.00. The monoisotopic (exact) mass is 1030 g/mol. The van der Waals surface area contributed by atoms with E-state index in [1.165, 1.54) is 173 Å². The molecule has 0 saturated heterocycles. The molecule has 0 aromatic rings. The molecule has 0 spiro atoms. The van der Waals surface area contributed by atoms with E-state index in [9.17, 15) is 0 Å². The van der Waals surface area contributed by atoms with Gasteiger partial charge in [0.25, 0.3) is 17.9 Å². The number of rotatable bonds is 59. The minimum absolute atomic E-state index is 0.00877. The van der Waals surface area contributed by atoms with E-state index in [0.29, 0.717) is 66.0 Å². The molecule has 11 heteroatoms. The Balaban J connectivity index is 4.90. The molecule has 0 amide bonds. The number of unbranched alkanes of at least 4 members (excludes halogenated alkanes) is 27. The molecule has 1 atom stereocenters. The molecule has 0 bridgehead atoms. The predicted molar refractivity (Wildman–Crippen MR) is 303 cm³/mol. The highest BCUT2D eigenvalue weighted by molar-refractivity contribution is 5.00. The van der Waals surface area contributed by atoms with Gasteiger partial charge in [-0.3, -0.25) is 0 Å². The topological polar surface area (TPSA) is 135 Å². The van der Waals surface area contributed by atoms with E-state index in [1.54, 1.807) is 0 Å². The molecule has 0 aromatic carbocycles. The third-order valence-electron chi connectivity index (χ3n) is 15.1. The molecule has 0 radical (unpaired) electrons. The number of ether oxygens (including phenoxy) is 9. The summed E-state index contributed by atoms with van der Waals surface area (Å²) in [4.78, 5) is 0. The second-order valence-corrected chi connectivity index (χ2v) is 21.0. The lowest BCUT2D eigenvalue weighted by atomic mass is 9.63. The van der Waals surface area contributed by atoms with Crippen LogP contribution in [0, 0.1) is 5.41 Å². The largest absolute Gasteiger partial charge is 0.330 e. The summed E-state index contributed by atoms with van der Waals surface area (Å²) in [7, 11) is 0. The molecule has 0 aliphatic carbocycles. The minimum Gasteiger partial charge on any atom is -0.330 e. The van der Waals surface area contributed by atoms with Gasteiger partial charge in [0.1, 0.15) is 0 Å². The van der Waals surface area contributed by atoms with Crippen LogP contribution in [0.5, 0.6) is 0 Å². The first-order valence-electron chi connectivity index (χ1n) is 31.2. The first-order chi connectivity index (χ1) is 35.0. The van der Waals surface area contributed by atoms with Crippen molar-refractivity contribution in [1.82, 2.24) is 0 Å². The van der Waals surface area contributed by atoms with Crippen molar-refractivity contribution in [1.29, 1.82) is 0 Å². The molecule has 0 rings (SSSR count). The van der Waals surface area contributed by atoms with Crippen molar-refractivity contribution in [2.24, 2.45) is 16.9 Å². The first-order valence-corrected chi connectivity index (χ1v) is 31.2. The highest BCUT2D eigenvalue weighted by Crippen LogP contribution is 2.43. The van der Waals surface area contributed by atoms with Gasteiger partial charge in [0.2, 0.25) is 0 Å². The maximum atomic E-state index is 7.46. The van der Waals surface area contributed by atoms with Gasteiger partial charge >= 0.3 is 0 Å². The van der Waals surface area contributed by atoms with Gasteiger partial charge in [-0.05, 0) is 114 Å². The summed E-state index contributed by atoms with van der Waals surface area (Å²) in [6.45, 7) is 26.5. The minimum atomic E-state index is -0.868. The van der Waals surface area contributed by atoms with E-state index >= 15 is 0 Å². The SMILES string of the molecule is CCOC(CCCCCCCCCCCCC(C)(N)C(CN)(CCCCCCCCCCCCC(OCC)(OCC)OCC)CCCCCCCCCCCCC(OCC)(OCC)OCC)(OCC)OCC. The van der Waals surface area contributed by atoms with Crippen LogP contribution >= 0.6 is 0 Å². The third kappa shape index (κ3) is 33.7. The number of hydrogen-bond acceptors (Lipinski definition) is 11. The predicted octanol–water partition coefficient (Wildman–Crippen LogP) is 17.0. The lowest BCUT2D eigenvalue weighted by Crippen LogP contribution is -2.57. The second kappa shape index (κ2) is 47.7. The Morgan fingerprint density at radius 2 is 0.389 bits per heavy atom. The second-order valence-electron chi connectivity index (χ2n) is 21.0. The standard InChI is InChI=1S/C61H126N2O9/c1-11-64-59(65-12-2,66-13-3)53-47-41-35-29-23-20-26-32-38-44-50-57(10,63)58(56-62,51-45-39-33-27-21-24-30-36-42-48-54-60(67-14-4,68-15-5)69-16-6)52-46-40-34-28-22-25-31-37-43-49-55-61(70-17-7,71-18-8)72-19-9/h11-56,62-63H2,1-10H3. The van der Waals surface area contributed by atoms with Crippen LogP contribution in [0.4, 0.5) is 0 Å². The van der Waals surface area contributed by atoms with Crippen molar-refractivity contribution >= 4 is 0 Å². The molecular weight excluding hydrogens is 905 g/mol. The summed E-state index contributed by atoms with van der Waals surface area (Å²) < 4.78 is 53.2. The number of nitrogens with two attached hydrogens (primary N) is 2. The average Bonchev–Trinajstić information content (AvgIpc) is 3.35. The van der Waals surface area contributed by atoms with Crippen molar-refractivity contribution in [3.63, 3.8) is 0 Å². The summed E-state index contributed by atoms with van der Waals surface area (Å²) in [6.07, 6.45) is 43.6. The van der Waals surface area contributed by atoms with Crippen LogP contribution in [-0.4, -0.2) is 89.5 Å². The van der Waals surface area contributed by atoms with Crippen molar-refractivity contribution in [3.8, 4) is 0 Å². The Labute approximate surface area is 447 Å². The van der Waals surface area contributed by atoms with Gasteiger partial charge in [-0.2, -0.15) is 0 Å². The molecule has 0 saturated carbocycles. The van der Waals surface area contributed by atoms with Gasteiger partial charge in [-0.1, -0.05) is 173 Å². The van der Waals surface area contributed by atoms with Gasteiger partial charge in [0, 0.05) is 89.7 Å². The maximum Gasteiger partial charge on any atom is 0.282 e. The molecule has 0 heterocycles.